The van der Waals surface area contributed by atoms with Gasteiger partial charge in [0.05, 0.1) is 5.25 Å². The van der Waals surface area contributed by atoms with Crippen molar-refractivity contribution < 1.29 is 4.79 Å². The van der Waals surface area contributed by atoms with Crippen LogP contribution in [0.15, 0.2) is 46.8 Å². The molecule has 4 rings (SSSR count). The van der Waals surface area contributed by atoms with Gasteiger partial charge in [-0.1, -0.05) is 65.1 Å². The van der Waals surface area contributed by atoms with Crippen molar-refractivity contribution in [3.63, 3.8) is 0 Å². The number of hydrogen-bond donors (Lipinski definition) is 1. The van der Waals surface area contributed by atoms with Gasteiger partial charge >= 0.3 is 0 Å². The van der Waals surface area contributed by atoms with Gasteiger partial charge in [0.2, 0.25) is 11.0 Å². The van der Waals surface area contributed by atoms with E-state index < -0.39 is 0 Å². The van der Waals surface area contributed by atoms with Gasteiger partial charge in [0.15, 0.2) is 4.34 Å². The number of nitrogens with one attached hydrogen (secondary N) is 1. The highest BCUT2D eigenvalue weighted by atomic mass is 32.2. The summed E-state index contributed by atoms with van der Waals surface area (Å²) < 4.78 is 0.801. The Morgan fingerprint density at radius 1 is 1.17 bits per heavy atom. The Hall–Kier alpha value is -2.38. The van der Waals surface area contributed by atoms with E-state index in [-0.39, 0.29) is 11.2 Å². The van der Waals surface area contributed by atoms with E-state index in [1.165, 1.54) is 45.4 Å². The highest BCUT2D eigenvalue weighted by Gasteiger charge is 2.26. The van der Waals surface area contributed by atoms with Crippen molar-refractivity contribution in [3.8, 4) is 0 Å². The van der Waals surface area contributed by atoms with Crippen molar-refractivity contribution in [2.45, 2.75) is 43.3 Å². The zero-order chi connectivity index (χ0) is 20.4. The molecule has 0 aliphatic carbocycles. The van der Waals surface area contributed by atoms with Crippen LogP contribution in [0.5, 0.6) is 0 Å². The predicted octanol–water partition coefficient (Wildman–Crippen LogP) is 4.96. The van der Waals surface area contributed by atoms with E-state index in [9.17, 15) is 4.79 Å². The molecule has 0 radical (unpaired) electrons. The molecule has 0 bridgehead atoms. The number of aryl methyl sites for hydroxylation is 2. The monoisotopic (exact) mass is 424 g/mol. The van der Waals surface area contributed by atoms with Gasteiger partial charge in [0, 0.05) is 18.8 Å². The Bertz CT molecular complexity index is 1030. The van der Waals surface area contributed by atoms with Crippen LogP contribution in [0.2, 0.25) is 0 Å². The maximum atomic E-state index is 12.9. The summed E-state index contributed by atoms with van der Waals surface area (Å²) in [6.45, 7) is 7.57. The van der Waals surface area contributed by atoms with Crippen LogP contribution in [0.25, 0.3) is 0 Å². The third-order valence-corrected chi connectivity index (χ3v) is 7.11. The number of benzene rings is 2. The first-order chi connectivity index (χ1) is 14.0. The number of nitrogens with zero attached hydrogens (tertiary/aromatic N) is 3. The molecule has 29 heavy (non-hydrogen) atoms. The number of fused-ring (bicyclic) bond motifs is 1. The average molecular weight is 425 g/mol. The lowest BCUT2D eigenvalue weighted by Gasteiger charge is -2.30. The van der Waals surface area contributed by atoms with Crippen LogP contribution in [0.4, 0.5) is 10.8 Å². The summed E-state index contributed by atoms with van der Waals surface area (Å²) in [7, 11) is 0. The summed E-state index contributed by atoms with van der Waals surface area (Å²) in [6.07, 6.45) is 0.919. The van der Waals surface area contributed by atoms with Gasteiger partial charge in [-0.15, -0.1) is 10.2 Å². The molecule has 1 N–H and O–H groups in total. The second-order valence-electron chi connectivity index (χ2n) is 7.36. The number of carbonyl (C=O) groups excluding carboxylic acids is 1. The molecule has 1 amide bonds. The largest absolute Gasteiger partial charge is 0.337 e. The third kappa shape index (κ3) is 4.62. The van der Waals surface area contributed by atoms with Crippen LogP contribution in [-0.2, 0) is 17.8 Å². The molecular formula is C22H24N4OS2. The van der Waals surface area contributed by atoms with Gasteiger partial charge in [-0.3, -0.25) is 4.79 Å². The van der Waals surface area contributed by atoms with Gasteiger partial charge in [-0.25, -0.2) is 0 Å². The molecule has 1 atom stereocenters. The van der Waals surface area contributed by atoms with Crippen LogP contribution < -0.4 is 5.32 Å². The van der Waals surface area contributed by atoms with Gasteiger partial charge in [-0.2, -0.15) is 0 Å². The number of anilines is 2. The summed E-state index contributed by atoms with van der Waals surface area (Å²) in [6, 6.07) is 14.6. The number of thioether (sulfide) groups is 1. The van der Waals surface area contributed by atoms with Gasteiger partial charge < -0.3 is 10.2 Å². The van der Waals surface area contributed by atoms with E-state index in [0.717, 1.165) is 28.1 Å². The number of rotatable bonds is 5. The Balaban J connectivity index is 1.37. The minimum absolute atomic E-state index is 0.156. The molecule has 7 heteroatoms. The summed E-state index contributed by atoms with van der Waals surface area (Å²) in [5.41, 5.74) is 6.03. The lowest BCUT2D eigenvalue weighted by Crippen LogP contribution is -2.40. The minimum atomic E-state index is -0.192. The van der Waals surface area contributed by atoms with Crippen molar-refractivity contribution >= 4 is 39.8 Å². The molecule has 1 unspecified atom stereocenters. The number of hydrogen-bond acceptors (Lipinski definition) is 6. The number of aromatic nitrogens is 2. The van der Waals surface area contributed by atoms with E-state index in [0.29, 0.717) is 6.54 Å². The molecule has 2 aromatic carbocycles. The fourth-order valence-electron chi connectivity index (χ4n) is 3.52. The Labute approximate surface area is 179 Å². The highest BCUT2D eigenvalue weighted by molar-refractivity contribution is 8.02. The average Bonchev–Trinajstić information content (AvgIpc) is 3.16. The highest BCUT2D eigenvalue weighted by Crippen LogP contribution is 2.32. The molecule has 3 aromatic rings. The fourth-order valence-corrected chi connectivity index (χ4v) is 5.51. The van der Waals surface area contributed by atoms with Crippen molar-refractivity contribution in [2.75, 3.05) is 11.9 Å². The number of amides is 1. The van der Waals surface area contributed by atoms with Gasteiger partial charge in [0.1, 0.15) is 0 Å². The topological polar surface area (TPSA) is 58.1 Å². The van der Waals surface area contributed by atoms with Gasteiger partial charge in [-0.05, 0) is 49.9 Å². The van der Waals surface area contributed by atoms with Crippen molar-refractivity contribution in [3.05, 3.63) is 64.7 Å². The third-order valence-electron chi connectivity index (χ3n) is 5.10. The molecule has 5 nitrogen and oxygen atoms in total. The maximum Gasteiger partial charge on any atom is 0.236 e. The Morgan fingerprint density at radius 2 is 1.97 bits per heavy atom. The summed E-state index contributed by atoms with van der Waals surface area (Å²) in [4.78, 5) is 14.9. The normalized spacial score (nSPS) is 14.4. The lowest BCUT2D eigenvalue weighted by molar-refractivity contribution is -0.131. The summed E-state index contributed by atoms with van der Waals surface area (Å²) in [5.74, 6) is 0.156. The second kappa shape index (κ2) is 8.55. The first-order valence-electron chi connectivity index (χ1n) is 9.69. The van der Waals surface area contributed by atoms with E-state index in [1.54, 1.807) is 0 Å². The Morgan fingerprint density at radius 3 is 2.76 bits per heavy atom. The number of carbonyl (C=O) groups is 1. The summed E-state index contributed by atoms with van der Waals surface area (Å²) in [5, 5.41) is 12.4. The van der Waals surface area contributed by atoms with Crippen LogP contribution in [-0.4, -0.2) is 32.8 Å². The van der Waals surface area contributed by atoms with E-state index >= 15 is 0 Å². The van der Waals surface area contributed by atoms with Crippen LogP contribution in [0.1, 0.15) is 29.2 Å². The fraction of sp³-hybridized carbons (Fsp3) is 0.318. The second-order valence-corrected chi connectivity index (χ2v) is 9.92. The molecule has 0 saturated heterocycles. The molecular weight excluding hydrogens is 400 g/mol. The molecule has 1 aliphatic rings. The van der Waals surface area contributed by atoms with Crippen molar-refractivity contribution in [2.24, 2.45) is 0 Å². The molecule has 0 saturated carbocycles. The molecule has 1 aliphatic heterocycles. The molecule has 150 valence electrons. The summed E-state index contributed by atoms with van der Waals surface area (Å²) >= 11 is 2.96. The quantitative estimate of drug-likeness (QED) is 0.587. The van der Waals surface area contributed by atoms with E-state index in [2.05, 4.69) is 65.8 Å². The van der Waals surface area contributed by atoms with E-state index in [4.69, 9.17) is 0 Å². The first kappa shape index (κ1) is 19.9. The molecule has 1 aromatic heterocycles. The zero-order valence-electron chi connectivity index (χ0n) is 16.8. The standard InChI is InChI=1S/C22H24N4OS2/c1-14-8-9-19(15(2)12-14)23-21-24-25-22(29-21)28-16(3)20(27)26-11-10-17-6-4-5-7-18(17)13-26/h4-9,12,16H,10-11,13H2,1-3H3,(H,23,24). The minimum Gasteiger partial charge on any atom is -0.337 e. The molecule has 2 heterocycles. The first-order valence-corrected chi connectivity index (χ1v) is 11.4. The Kier molecular flexibility index (Phi) is 5.87. The predicted molar refractivity (Wildman–Crippen MR) is 120 cm³/mol. The SMILES string of the molecule is Cc1ccc(Nc2nnc(SC(C)C(=O)N3CCc4ccccc4C3)s2)c(C)c1. The van der Waals surface area contributed by atoms with Crippen LogP contribution in [0.3, 0.4) is 0 Å². The van der Waals surface area contributed by atoms with Crippen molar-refractivity contribution in [1.82, 2.24) is 15.1 Å². The van der Waals surface area contributed by atoms with Gasteiger partial charge in [0.25, 0.3) is 0 Å². The van der Waals surface area contributed by atoms with Crippen LogP contribution in [0, 0.1) is 13.8 Å². The molecule has 0 fully saturated rings. The zero-order valence-corrected chi connectivity index (χ0v) is 18.4. The smallest absolute Gasteiger partial charge is 0.236 e. The maximum absolute atomic E-state index is 12.9. The van der Waals surface area contributed by atoms with Crippen LogP contribution >= 0.6 is 23.1 Å². The van der Waals surface area contributed by atoms with E-state index in [1.807, 2.05) is 17.9 Å². The van der Waals surface area contributed by atoms with Crippen molar-refractivity contribution in [1.29, 1.82) is 0 Å². The lowest BCUT2D eigenvalue weighted by atomic mass is 10.00. The molecule has 0 spiro atoms.